The molecule has 2 aromatic heterocycles. The number of hydrogen-bond donors (Lipinski definition) is 1. The van der Waals surface area contributed by atoms with Crippen LogP contribution in [0.4, 0.5) is 8.78 Å². The van der Waals surface area contributed by atoms with Crippen molar-refractivity contribution < 1.29 is 13.6 Å². The molecule has 1 saturated heterocycles. The first kappa shape index (κ1) is 17.9. The van der Waals surface area contributed by atoms with Crippen LogP contribution in [0, 0.1) is 0 Å². The van der Waals surface area contributed by atoms with E-state index in [2.05, 4.69) is 15.3 Å². The number of carbonyl (C=O) groups excluding carboxylic acids is 1. The van der Waals surface area contributed by atoms with Crippen molar-refractivity contribution >= 4 is 16.9 Å². The molecule has 3 aliphatic rings. The van der Waals surface area contributed by atoms with Crippen molar-refractivity contribution in [2.24, 2.45) is 0 Å². The maximum absolute atomic E-state index is 13.0. The molecule has 0 atom stereocenters. The molecule has 0 bridgehead atoms. The van der Waals surface area contributed by atoms with Crippen LogP contribution in [-0.4, -0.2) is 51.9 Å². The SMILES string of the molecule is O=C(NC1CCC(N2CC(F)(F)C2)CC1)c1cnc2nc(C3CC3)ccc2c1. The molecule has 1 N–H and O–H groups in total. The summed E-state index contributed by atoms with van der Waals surface area (Å²) in [5.74, 6) is -2.06. The minimum atomic E-state index is -2.51. The van der Waals surface area contributed by atoms with E-state index < -0.39 is 5.92 Å². The predicted octanol–water partition coefficient (Wildman–Crippen LogP) is 3.50. The number of nitrogens with zero attached hydrogens (tertiary/aromatic N) is 3. The Hall–Kier alpha value is -2.15. The second-order valence-corrected chi connectivity index (χ2v) is 8.52. The van der Waals surface area contributed by atoms with E-state index in [4.69, 9.17) is 0 Å². The highest BCUT2D eigenvalue weighted by Gasteiger charge is 2.47. The van der Waals surface area contributed by atoms with Gasteiger partial charge >= 0.3 is 0 Å². The Morgan fingerprint density at radius 3 is 2.54 bits per heavy atom. The molecule has 0 radical (unpaired) electrons. The Bertz CT molecular complexity index is 898. The van der Waals surface area contributed by atoms with E-state index in [1.165, 1.54) is 12.8 Å². The summed E-state index contributed by atoms with van der Waals surface area (Å²) < 4.78 is 26.1. The Balaban J connectivity index is 1.18. The largest absolute Gasteiger partial charge is 0.349 e. The first-order valence-electron chi connectivity index (χ1n) is 10.2. The molecule has 148 valence electrons. The highest BCUT2D eigenvalue weighted by Crippen LogP contribution is 2.39. The molecule has 0 aromatic carbocycles. The van der Waals surface area contributed by atoms with Gasteiger partial charge in [-0.15, -0.1) is 0 Å². The van der Waals surface area contributed by atoms with E-state index in [9.17, 15) is 13.6 Å². The summed E-state index contributed by atoms with van der Waals surface area (Å²) in [7, 11) is 0. The molecule has 2 aliphatic carbocycles. The van der Waals surface area contributed by atoms with Gasteiger partial charge in [0.25, 0.3) is 11.8 Å². The van der Waals surface area contributed by atoms with E-state index in [-0.39, 0.29) is 31.1 Å². The van der Waals surface area contributed by atoms with E-state index in [0.717, 1.165) is 36.8 Å². The van der Waals surface area contributed by atoms with Crippen molar-refractivity contribution in [2.45, 2.75) is 62.4 Å². The van der Waals surface area contributed by atoms with Gasteiger partial charge in [-0.1, -0.05) is 0 Å². The molecule has 2 aromatic rings. The summed E-state index contributed by atoms with van der Waals surface area (Å²) >= 11 is 0. The highest BCUT2D eigenvalue weighted by atomic mass is 19.3. The molecule has 3 fully saturated rings. The standard InChI is InChI=1S/C21H24F2N4O/c22-21(23)11-27(12-21)17-6-4-16(5-7-17)25-20(28)15-9-14-3-8-18(13-1-2-13)26-19(14)24-10-15/h3,8-10,13,16-17H,1-2,4-7,11-12H2,(H,25,28). The molecular formula is C21H24F2N4O. The third kappa shape index (κ3) is 3.60. The van der Waals surface area contributed by atoms with Crippen molar-refractivity contribution in [3.05, 3.63) is 35.7 Å². The molecule has 2 saturated carbocycles. The van der Waals surface area contributed by atoms with Crippen LogP contribution in [0.3, 0.4) is 0 Å². The van der Waals surface area contributed by atoms with Crippen LogP contribution in [0.2, 0.25) is 0 Å². The summed E-state index contributed by atoms with van der Waals surface area (Å²) in [4.78, 5) is 23.5. The number of fused-ring (bicyclic) bond motifs is 1. The van der Waals surface area contributed by atoms with E-state index >= 15 is 0 Å². The van der Waals surface area contributed by atoms with E-state index in [0.29, 0.717) is 17.1 Å². The van der Waals surface area contributed by atoms with Gasteiger partial charge in [0.05, 0.1) is 18.7 Å². The summed E-state index contributed by atoms with van der Waals surface area (Å²) in [6.07, 6.45) is 7.34. The van der Waals surface area contributed by atoms with Gasteiger partial charge in [0.15, 0.2) is 5.65 Å². The smallest absolute Gasteiger partial charge is 0.272 e. The average Bonchev–Trinajstić information content (AvgIpc) is 3.51. The lowest BCUT2D eigenvalue weighted by molar-refractivity contribution is -0.150. The summed E-state index contributed by atoms with van der Waals surface area (Å²) in [6, 6.07) is 6.19. The summed E-state index contributed by atoms with van der Waals surface area (Å²) in [5, 5.41) is 3.96. The summed E-state index contributed by atoms with van der Waals surface area (Å²) in [6.45, 7) is -0.234. The lowest BCUT2D eigenvalue weighted by Crippen LogP contribution is -2.60. The number of hydrogen-bond acceptors (Lipinski definition) is 4. The first-order valence-corrected chi connectivity index (χ1v) is 10.2. The van der Waals surface area contributed by atoms with Crippen LogP contribution in [-0.2, 0) is 0 Å². The zero-order valence-electron chi connectivity index (χ0n) is 15.7. The fourth-order valence-corrected chi connectivity index (χ4v) is 4.42. The number of carbonyl (C=O) groups is 1. The number of likely N-dealkylation sites (tertiary alicyclic amines) is 1. The number of halogens is 2. The van der Waals surface area contributed by atoms with Gasteiger partial charge in [0.2, 0.25) is 0 Å². The lowest BCUT2D eigenvalue weighted by Gasteiger charge is -2.46. The number of amides is 1. The minimum absolute atomic E-state index is 0.0941. The Morgan fingerprint density at radius 2 is 1.86 bits per heavy atom. The molecule has 1 amide bonds. The third-order valence-electron chi connectivity index (χ3n) is 6.24. The van der Waals surface area contributed by atoms with Crippen LogP contribution in [0.5, 0.6) is 0 Å². The molecule has 3 heterocycles. The number of nitrogens with one attached hydrogen (secondary N) is 1. The molecule has 5 rings (SSSR count). The van der Waals surface area contributed by atoms with Crippen molar-refractivity contribution in [3.63, 3.8) is 0 Å². The second-order valence-electron chi connectivity index (χ2n) is 8.52. The van der Waals surface area contributed by atoms with Crippen molar-refractivity contribution in [1.29, 1.82) is 0 Å². The van der Waals surface area contributed by atoms with Crippen molar-refractivity contribution in [3.8, 4) is 0 Å². The Labute approximate surface area is 162 Å². The fourth-order valence-electron chi connectivity index (χ4n) is 4.42. The van der Waals surface area contributed by atoms with Gasteiger partial charge in [-0.2, -0.15) is 0 Å². The second kappa shape index (κ2) is 6.72. The van der Waals surface area contributed by atoms with E-state index in [1.807, 2.05) is 23.1 Å². The molecule has 0 spiro atoms. The normalized spacial score (nSPS) is 27.4. The third-order valence-corrected chi connectivity index (χ3v) is 6.24. The van der Waals surface area contributed by atoms with Crippen molar-refractivity contribution in [1.82, 2.24) is 20.2 Å². The number of aromatic nitrogens is 2. The molecule has 28 heavy (non-hydrogen) atoms. The lowest BCUT2D eigenvalue weighted by atomic mass is 9.88. The fraction of sp³-hybridized carbons (Fsp3) is 0.571. The van der Waals surface area contributed by atoms with Crippen LogP contribution in [0.25, 0.3) is 11.0 Å². The highest BCUT2D eigenvalue weighted by molar-refractivity contribution is 5.97. The monoisotopic (exact) mass is 386 g/mol. The van der Waals surface area contributed by atoms with Crippen LogP contribution in [0.1, 0.15) is 60.5 Å². The maximum atomic E-state index is 13.0. The zero-order chi connectivity index (χ0) is 19.3. The van der Waals surface area contributed by atoms with Crippen LogP contribution < -0.4 is 5.32 Å². The number of rotatable bonds is 4. The van der Waals surface area contributed by atoms with Crippen LogP contribution in [0.15, 0.2) is 24.4 Å². The van der Waals surface area contributed by atoms with Gasteiger partial charge in [-0.3, -0.25) is 9.69 Å². The van der Waals surface area contributed by atoms with Gasteiger partial charge < -0.3 is 5.32 Å². The van der Waals surface area contributed by atoms with E-state index in [1.54, 1.807) is 6.20 Å². The van der Waals surface area contributed by atoms with Gasteiger partial charge in [0, 0.05) is 35.3 Å². The van der Waals surface area contributed by atoms with Gasteiger partial charge in [0.1, 0.15) is 0 Å². The topological polar surface area (TPSA) is 58.1 Å². The Kier molecular flexibility index (Phi) is 4.30. The first-order chi connectivity index (χ1) is 13.5. The molecule has 7 heteroatoms. The zero-order valence-corrected chi connectivity index (χ0v) is 15.7. The predicted molar refractivity (Wildman–Crippen MR) is 102 cm³/mol. The van der Waals surface area contributed by atoms with Crippen molar-refractivity contribution in [2.75, 3.05) is 13.1 Å². The average molecular weight is 386 g/mol. The van der Waals surface area contributed by atoms with Crippen LogP contribution >= 0.6 is 0 Å². The number of alkyl halides is 2. The minimum Gasteiger partial charge on any atom is -0.349 e. The van der Waals surface area contributed by atoms with Gasteiger partial charge in [-0.25, -0.2) is 18.7 Å². The van der Waals surface area contributed by atoms with Gasteiger partial charge in [-0.05, 0) is 56.7 Å². The molecule has 0 unspecified atom stereocenters. The molecule has 1 aliphatic heterocycles. The Morgan fingerprint density at radius 1 is 1.11 bits per heavy atom. The summed E-state index contributed by atoms with van der Waals surface area (Å²) in [5.41, 5.74) is 2.32. The quantitative estimate of drug-likeness (QED) is 0.874. The maximum Gasteiger partial charge on any atom is 0.272 e. The molecular weight excluding hydrogens is 362 g/mol. The molecule has 5 nitrogen and oxygen atoms in total. The number of pyridine rings is 2.